The number of allylic oxidation sites excluding steroid dienone is 1. The van der Waals surface area contributed by atoms with Crippen molar-refractivity contribution in [3.8, 4) is 0 Å². The summed E-state index contributed by atoms with van der Waals surface area (Å²) in [4.78, 5) is 15.8. The number of halogens is 1. The highest BCUT2D eigenvalue weighted by atomic mass is 19.1. The first kappa shape index (κ1) is 11.8. The van der Waals surface area contributed by atoms with Gasteiger partial charge in [0.1, 0.15) is 0 Å². The van der Waals surface area contributed by atoms with E-state index in [0.29, 0.717) is 12.1 Å². The van der Waals surface area contributed by atoms with E-state index in [2.05, 4.69) is 16.3 Å². The summed E-state index contributed by atoms with van der Waals surface area (Å²) >= 11 is 0. The third-order valence-electron chi connectivity index (χ3n) is 3.07. The van der Waals surface area contributed by atoms with E-state index in [0.717, 1.165) is 11.1 Å². The van der Waals surface area contributed by atoms with Crippen LogP contribution in [0.3, 0.4) is 0 Å². The number of methoxy groups -OCH3 is 1. The van der Waals surface area contributed by atoms with Crippen molar-refractivity contribution < 1.29 is 13.9 Å². The molecule has 0 fully saturated rings. The van der Waals surface area contributed by atoms with Crippen LogP contribution in [0.2, 0.25) is 0 Å². The van der Waals surface area contributed by atoms with Crippen LogP contribution in [0.5, 0.6) is 0 Å². The van der Waals surface area contributed by atoms with Crippen LogP contribution in [0.15, 0.2) is 18.8 Å². The van der Waals surface area contributed by atoms with Crippen molar-refractivity contribution in [2.24, 2.45) is 0 Å². The molecule has 90 valence electrons. The molecule has 3 nitrogen and oxygen atoms in total. The first-order valence-corrected chi connectivity index (χ1v) is 5.41. The van der Waals surface area contributed by atoms with E-state index in [1.807, 2.05) is 6.92 Å². The quantitative estimate of drug-likeness (QED) is 0.702. The Bertz CT molecular complexity index is 498. The van der Waals surface area contributed by atoms with Gasteiger partial charge in [0.25, 0.3) is 0 Å². The monoisotopic (exact) mass is 235 g/mol. The Balaban J connectivity index is 2.62. The lowest BCUT2D eigenvalue weighted by Crippen LogP contribution is -2.36. The number of nitrogens with zero attached hydrogens (tertiary/aromatic N) is 1. The Hall–Kier alpha value is -1.71. The third kappa shape index (κ3) is 1.73. The van der Waals surface area contributed by atoms with Gasteiger partial charge in [0, 0.05) is 18.2 Å². The van der Waals surface area contributed by atoms with Crippen LogP contribution in [-0.2, 0) is 15.2 Å². The number of alkyl halides is 1. The van der Waals surface area contributed by atoms with Gasteiger partial charge in [0.05, 0.1) is 12.8 Å². The molecule has 0 spiro atoms. The first-order valence-electron chi connectivity index (χ1n) is 5.41. The van der Waals surface area contributed by atoms with E-state index in [9.17, 15) is 9.18 Å². The van der Waals surface area contributed by atoms with Gasteiger partial charge in [-0.05, 0) is 30.5 Å². The van der Waals surface area contributed by atoms with Crippen molar-refractivity contribution in [2.75, 3.05) is 7.11 Å². The normalized spacial score (nSPS) is 23.1. The second-order valence-corrected chi connectivity index (χ2v) is 4.31. The summed E-state index contributed by atoms with van der Waals surface area (Å²) in [6, 6.07) is 1.64. The van der Waals surface area contributed by atoms with Crippen molar-refractivity contribution in [2.45, 2.75) is 25.4 Å². The highest BCUT2D eigenvalue weighted by molar-refractivity contribution is 5.85. The van der Waals surface area contributed by atoms with Gasteiger partial charge in [0.2, 0.25) is 5.67 Å². The Morgan fingerprint density at radius 2 is 2.35 bits per heavy atom. The van der Waals surface area contributed by atoms with Crippen molar-refractivity contribution in [3.05, 3.63) is 35.7 Å². The van der Waals surface area contributed by atoms with Crippen LogP contribution >= 0.6 is 0 Å². The molecule has 0 aliphatic heterocycles. The summed E-state index contributed by atoms with van der Waals surface area (Å²) in [5, 5.41) is 0. The Morgan fingerprint density at radius 3 is 3.00 bits per heavy atom. The third-order valence-corrected chi connectivity index (χ3v) is 3.07. The Kier molecular flexibility index (Phi) is 2.73. The molecule has 0 radical (unpaired) electrons. The molecule has 1 aliphatic rings. The Morgan fingerprint density at radius 1 is 1.65 bits per heavy atom. The number of rotatable bonds is 1. The molecule has 0 saturated heterocycles. The smallest absolute Gasteiger partial charge is 0.348 e. The molecule has 1 unspecified atom stereocenters. The molecule has 1 aliphatic carbocycles. The van der Waals surface area contributed by atoms with E-state index < -0.39 is 11.6 Å². The van der Waals surface area contributed by atoms with Crippen molar-refractivity contribution >= 4 is 11.5 Å². The minimum Gasteiger partial charge on any atom is -0.466 e. The SMILES string of the molecule is C=C1CCC(F)(C(=O)OC)c2cc(C)cnc21. The van der Waals surface area contributed by atoms with Crippen LogP contribution in [-0.4, -0.2) is 18.1 Å². The maximum absolute atomic E-state index is 14.8. The molecule has 0 aromatic carbocycles. The number of hydrogen-bond donors (Lipinski definition) is 0. The molecular formula is C13H14FNO2. The molecule has 0 N–H and O–H groups in total. The van der Waals surface area contributed by atoms with Gasteiger partial charge < -0.3 is 4.74 Å². The molecule has 0 bridgehead atoms. The molecule has 0 saturated carbocycles. The minimum absolute atomic E-state index is 0.0661. The van der Waals surface area contributed by atoms with E-state index >= 15 is 0 Å². The number of aryl methyl sites for hydroxylation is 1. The summed E-state index contributed by atoms with van der Waals surface area (Å²) < 4.78 is 19.3. The van der Waals surface area contributed by atoms with Crippen LogP contribution in [0.25, 0.3) is 5.57 Å². The van der Waals surface area contributed by atoms with Crippen molar-refractivity contribution in [3.63, 3.8) is 0 Å². The fourth-order valence-electron chi connectivity index (χ4n) is 2.10. The zero-order valence-corrected chi connectivity index (χ0v) is 9.92. The molecule has 1 heterocycles. The molecule has 1 aromatic rings. The topological polar surface area (TPSA) is 39.2 Å². The highest BCUT2D eigenvalue weighted by Gasteiger charge is 2.46. The van der Waals surface area contributed by atoms with Gasteiger partial charge in [-0.2, -0.15) is 0 Å². The van der Waals surface area contributed by atoms with Gasteiger partial charge in [-0.3, -0.25) is 4.98 Å². The van der Waals surface area contributed by atoms with E-state index in [1.54, 1.807) is 12.3 Å². The summed E-state index contributed by atoms with van der Waals surface area (Å²) in [6.45, 7) is 5.66. The molecule has 1 aromatic heterocycles. The van der Waals surface area contributed by atoms with E-state index in [1.165, 1.54) is 7.11 Å². The number of ether oxygens (including phenoxy) is 1. The summed E-state index contributed by atoms with van der Waals surface area (Å²) in [5.74, 6) is -0.862. The summed E-state index contributed by atoms with van der Waals surface area (Å²) in [5.41, 5.74) is 0.238. The molecule has 1 atom stereocenters. The molecule has 2 rings (SSSR count). The van der Waals surface area contributed by atoms with Crippen molar-refractivity contribution in [1.29, 1.82) is 0 Å². The van der Waals surface area contributed by atoms with Crippen LogP contribution in [0, 0.1) is 6.92 Å². The Labute approximate surface area is 99.3 Å². The summed E-state index contributed by atoms with van der Waals surface area (Å²) in [7, 11) is 1.19. The number of esters is 1. The van der Waals surface area contributed by atoms with Gasteiger partial charge in [-0.15, -0.1) is 0 Å². The minimum atomic E-state index is -2.09. The van der Waals surface area contributed by atoms with Crippen LogP contribution in [0.4, 0.5) is 4.39 Å². The molecule has 0 amide bonds. The zero-order chi connectivity index (χ0) is 12.6. The van der Waals surface area contributed by atoms with Crippen LogP contribution in [0.1, 0.15) is 29.7 Å². The van der Waals surface area contributed by atoms with Gasteiger partial charge >= 0.3 is 5.97 Å². The number of carbonyl (C=O) groups excluding carboxylic acids is 1. The second-order valence-electron chi connectivity index (χ2n) is 4.31. The summed E-state index contributed by atoms with van der Waals surface area (Å²) in [6.07, 6.45) is 2.12. The lowest BCUT2D eigenvalue weighted by atomic mass is 9.80. The largest absolute Gasteiger partial charge is 0.466 e. The van der Waals surface area contributed by atoms with Gasteiger partial charge in [-0.1, -0.05) is 6.58 Å². The number of carbonyl (C=O) groups is 1. The fourth-order valence-corrected chi connectivity index (χ4v) is 2.10. The number of pyridine rings is 1. The standard InChI is InChI=1S/C13H14FNO2/c1-8-6-10-11(15-7-8)9(2)4-5-13(10,14)12(16)17-3/h6-7H,2,4-5H2,1,3H3. The van der Waals surface area contributed by atoms with Gasteiger partial charge in [-0.25, -0.2) is 9.18 Å². The number of aromatic nitrogens is 1. The average molecular weight is 235 g/mol. The maximum Gasteiger partial charge on any atom is 0.348 e. The van der Waals surface area contributed by atoms with E-state index in [4.69, 9.17) is 0 Å². The molecule has 4 heteroatoms. The fraction of sp³-hybridized carbons (Fsp3) is 0.385. The molecular weight excluding hydrogens is 221 g/mol. The number of fused-ring (bicyclic) bond motifs is 1. The highest BCUT2D eigenvalue weighted by Crippen LogP contribution is 2.43. The maximum atomic E-state index is 14.8. The zero-order valence-electron chi connectivity index (χ0n) is 9.92. The van der Waals surface area contributed by atoms with Gasteiger partial charge in [0.15, 0.2) is 0 Å². The predicted molar refractivity (Wildman–Crippen MR) is 62.0 cm³/mol. The number of hydrogen-bond acceptors (Lipinski definition) is 3. The molecule has 17 heavy (non-hydrogen) atoms. The van der Waals surface area contributed by atoms with Crippen LogP contribution < -0.4 is 0 Å². The lowest BCUT2D eigenvalue weighted by molar-refractivity contribution is -0.156. The average Bonchev–Trinajstić information content (AvgIpc) is 2.33. The second kappa shape index (κ2) is 3.95. The first-order chi connectivity index (χ1) is 7.99. The predicted octanol–water partition coefficient (Wildman–Crippen LogP) is 2.53. The lowest BCUT2D eigenvalue weighted by Gasteiger charge is -2.30. The van der Waals surface area contributed by atoms with E-state index in [-0.39, 0.29) is 12.0 Å². The van der Waals surface area contributed by atoms with Crippen molar-refractivity contribution in [1.82, 2.24) is 4.98 Å².